The third kappa shape index (κ3) is 4.41. The van der Waals surface area contributed by atoms with Crippen LogP contribution in [0.3, 0.4) is 0 Å². The predicted octanol–water partition coefficient (Wildman–Crippen LogP) is 2.01. The van der Waals surface area contributed by atoms with Crippen molar-refractivity contribution in [3.05, 3.63) is 41.5 Å². The van der Waals surface area contributed by atoms with E-state index >= 15 is 0 Å². The van der Waals surface area contributed by atoms with Crippen LogP contribution >= 0.6 is 0 Å². The zero-order chi connectivity index (χ0) is 13.4. The zero-order valence-electron chi connectivity index (χ0n) is 10.6. The molecule has 0 fully saturated rings. The van der Waals surface area contributed by atoms with Gasteiger partial charge >= 0.3 is 5.97 Å². The van der Waals surface area contributed by atoms with Crippen molar-refractivity contribution in [3.63, 3.8) is 0 Å². The number of amides is 1. The molecule has 0 heterocycles. The van der Waals surface area contributed by atoms with Crippen molar-refractivity contribution in [2.24, 2.45) is 0 Å². The first-order valence-corrected chi connectivity index (χ1v) is 5.81. The van der Waals surface area contributed by atoms with Crippen molar-refractivity contribution in [1.82, 2.24) is 5.32 Å². The maximum absolute atomic E-state index is 11.7. The van der Waals surface area contributed by atoms with Gasteiger partial charge < -0.3 is 10.1 Å². The molecule has 0 atom stereocenters. The van der Waals surface area contributed by atoms with Crippen LogP contribution in [0.5, 0.6) is 0 Å². The number of nitrogens with one attached hydrogen (secondary N) is 1. The first-order chi connectivity index (χ1) is 8.67. The molecule has 0 saturated heterocycles. The highest BCUT2D eigenvalue weighted by Gasteiger charge is 2.04. The number of carbonyl (C=O) groups excluding carboxylic acids is 2. The van der Waals surface area contributed by atoms with Gasteiger partial charge in [-0.3, -0.25) is 4.79 Å². The number of esters is 1. The summed E-state index contributed by atoms with van der Waals surface area (Å²) in [6.45, 7) is 2.65. The second-order valence-corrected chi connectivity index (χ2v) is 3.74. The summed E-state index contributed by atoms with van der Waals surface area (Å²) in [6.07, 6.45) is 3.83. The minimum absolute atomic E-state index is 0.106. The standard InChI is InChI=1S/C14H17NO3/c1-3-9-15-14(17)12-6-4-5-11(10-12)7-8-13(16)18-2/h4-8,10H,3,9H2,1-2H3,(H,15,17). The molecule has 0 spiro atoms. The summed E-state index contributed by atoms with van der Waals surface area (Å²) in [5.41, 5.74) is 1.36. The van der Waals surface area contributed by atoms with Gasteiger partial charge in [-0.15, -0.1) is 0 Å². The maximum Gasteiger partial charge on any atom is 0.330 e. The molecule has 0 aromatic heterocycles. The van der Waals surface area contributed by atoms with Gasteiger partial charge in [0.25, 0.3) is 5.91 Å². The topological polar surface area (TPSA) is 55.4 Å². The number of carbonyl (C=O) groups is 2. The van der Waals surface area contributed by atoms with Crippen molar-refractivity contribution in [1.29, 1.82) is 0 Å². The maximum atomic E-state index is 11.7. The summed E-state index contributed by atoms with van der Waals surface area (Å²) in [6, 6.07) is 7.05. The van der Waals surface area contributed by atoms with Gasteiger partial charge in [0.15, 0.2) is 0 Å². The molecule has 0 saturated carbocycles. The summed E-state index contributed by atoms with van der Waals surface area (Å²) in [5.74, 6) is -0.527. The minimum atomic E-state index is -0.421. The Labute approximate surface area is 107 Å². The SMILES string of the molecule is CCCNC(=O)c1cccc(C=CC(=O)OC)c1. The van der Waals surface area contributed by atoms with Crippen LogP contribution in [0, 0.1) is 0 Å². The van der Waals surface area contributed by atoms with Gasteiger partial charge in [-0.2, -0.15) is 0 Å². The van der Waals surface area contributed by atoms with E-state index in [-0.39, 0.29) is 5.91 Å². The first-order valence-electron chi connectivity index (χ1n) is 5.81. The molecule has 18 heavy (non-hydrogen) atoms. The van der Waals surface area contributed by atoms with E-state index in [0.29, 0.717) is 12.1 Å². The van der Waals surface area contributed by atoms with Gasteiger partial charge in [0.2, 0.25) is 0 Å². The summed E-state index contributed by atoms with van der Waals surface area (Å²) in [4.78, 5) is 22.7. The van der Waals surface area contributed by atoms with Gasteiger partial charge in [0, 0.05) is 18.2 Å². The molecule has 0 radical (unpaired) electrons. The Morgan fingerprint density at radius 3 is 2.83 bits per heavy atom. The number of ether oxygens (including phenoxy) is 1. The van der Waals surface area contributed by atoms with Crippen LogP contribution in [0.15, 0.2) is 30.3 Å². The zero-order valence-corrected chi connectivity index (χ0v) is 10.6. The monoisotopic (exact) mass is 247 g/mol. The Kier molecular flexibility index (Phi) is 5.64. The Morgan fingerprint density at radius 1 is 1.39 bits per heavy atom. The van der Waals surface area contributed by atoms with Crippen LogP contribution in [0.4, 0.5) is 0 Å². The average molecular weight is 247 g/mol. The van der Waals surface area contributed by atoms with Crippen molar-refractivity contribution >= 4 is 18.0 Å². The number of methoxy groups -OCH3 is 1. The van der Waals surface area contributed by atoms with Crippen LogP contribution in [-0.4, -0.2) is 25.5 Å². The highest BCUT2D eigenvalue weighted by Crippen LogP contribution is 2.07. The van der Waals surface area contributed by atoms with E-state index in [1.54, 1.807) is 24.3 Å². The van der Waals surface area contributed by atoms with Crippen LogP contribution in [0.1, 0.15) is 29.3 Å². The molecule has 0 aliphatic carbocycles. The van der Waals surface area contributed by atoms with E-state index in [9.17, 15) is 9.59 Å². The van der Waals surface area contributed by atoms with Gasteiger partial charge in [-0.25, -0.2) is 4.79 Å². The fourth-order valence-corrected chi connectivity index (χ4v) is 1.36. The van der Waals surface area contributed by atoms with Crippen molar-refractivity contribution in [2.45, 2.75) is 13.3 Å². The Morgan fingerprint density at radius 2 is 2.17 bits per heavy atom. The highest BCUT2D eigenvalue weighted by molar-refractivity contribution is 5.95. The Hall–Kier alpha value is -2.10. The smallest absolute Gasteiger partial charge is 0.330 e. The molecule has 1 aromatic carbocycles. The van der Waals surface area contributed by atoms with E-state index in [2.05, 4.69) is 10.1 Å². The largest absolute Gasteiger partial charge is 0.466 e. The second-order valence-electron chi connectivity index (χ2n) is 3.74. The lowest BCUT2D eigenvalue weighted by Crippen LogP contribution is -2.23. The van der Waals surface area contributed by atoms with E-state index in [1.165, 1.54) is 13.2 Å². The fraction of sp³-hybridized carbons (Fsp3) is 0.286. The predicted molar refractivity (Wildman–Crippen MR) is 70.1 cm³/mol. The van der Waals surface area contributed by atoms with Gasteiger partial charge in [0.1, 0.15) is 0 Å². The molecule has 4 nitrogen and oxygen atoms in total. The molecule has 0 aliphatic rings. The molecule has 1 amide bonds. The quantitative estimate of drug-likeness (QED) is 0.639. The number of rotatable bonds is 5. The molecule has 4 heteroatoms. The van der Waals surface area contributed by atoms with Gasteiger partial charge in [-0.05, 0) is 30.2 Å². The summed E-state index contributed by atoms with van der Waals surface area (Å²) >= 11 is 0. The lowest BCUT2D eigenvalue weighted by Gasteiger charge is -2.04. The molecule has 0 unspecified atom stereocenters. The Bertz CT molecular complexity index is 452. The number of hydrogen-bond donors (Lipinski definition) is 1. The average Bonchev–Trinajstić information content (AvgIpc) is 2.42. The fourth-order valence-electron chi connectivity index (χ4n) is 1.36. The van der Waals surface area contributed by atoms with Crippen LogP contribution in [-0.2, 0) is 9.53 Å². The lowest BCUT2D eigenvalue weighted by atomic mass is 10.1. The highest BCUT2D eigenvalue weighted by atomic mass is 16.5. The molecule has 96 valence electrons. The second kappa shape index (κ2) is 7.27. The molecular weight excluding hydrogens is 230 g/mol. The Balaban J connectivity index is 2.76. The summed E-state index contributed by atoms with van der Waals surface area (Å²) in [7, 11) is 1.32. The molecule has 1 rings (SSSR count). The van der Waals surface area contributed by atoms with Crippen LogP contribution in [0.25, 0.3) is 6.08 Å². The first kappa shape index (κ1) is 14.0. The van der Waals surface area contributed by atoms with Crippen LogP contribution < -0.4 is 5.32 Å². The lowest BCUT2D eigenvalue weighted by molar-refractivity contribution is -0.134. The molecular formula is C14H17NO3. The minimum Gasteiger partial charge on any atom is -0.466 e. The number of hydrogen-bond acceptors (Lipinski definition) is 3. The third-order valence-corrected chi connectivity index (χ3v) is 2.30. The summed E-state index contributed by atoms with van der Waals surface area (Å²) < 4.78 is 4.50. The van der Waals surface area contributed by atoms with Crippen molar-refractivity contribution < 1.29 is 14.3 Å². The summed E-state index contributed by atoms with van der Waals surface area (Å²) in [5, 5.41) is 2.80. The van der Waals surface area contributed by atoms with Gasteiger partial charge in [-0.1, -0.05) is 19.1 Å². The van der Waals surface area contributed by atoms with E-state index in [0.717, 1.165) is 12.0 Å². The van der Waals surface area contributed by atoms with E-state index < -0.39 is 5.97 Å². The van der Waals surface area contributed by atoms with Crippen LogP contribution in [0.2, 0.25) is 0 Å². The third-order valence-electron chi connectivity index (χ3n) is 2.30. The van der Waals surface area contributed by atoms with Crippen molar-refractivity contribution in [3.8, 4) is 0 Å². The van der Waals surface area contributed by atoms with E-state index in [1.807, 2.05) is 13.0 Å². The van der Waals surface area contributed by atoms with E-state index in [4.69, 9.17) is 0 Å². The molecule has 1 N–H and O–H groups in total. The van der Waals surface area contributed by atoms with Gasteiger partial charge in [0.05, 0.1) is 7.11 Å². The van der Waals surface area contributed by atoms with Crippen molar-refractivity contribution in [2.75, 3.05) is 13.7 Å². The molecule has 1 aromatic rings. The normalized spacial score (nSPS) is 10.3. The molecule has 0 aliphatic heterocycles. The number of benzene rings is 1. The molecule has 0 bridgehead atoms.